The fourth-order valence-electron chi connectivity index (χ4n) is 4.31. The Morgan fingerprint density at radius 2 is 1.52 bits per heavy atom. The first-order valence-corrected chi connectivity index (χ1v) is 11.6. The second-order valence-electron chi connectivity index (χ2n) is 9.07. The molecule has 1 aliphatic rings. The first-order valence-electron chi connectivity index (χ1n) is 11.6. The summed E-state index contributed by atoms with van der Waals surface area (Å²) < 4.78 is 0. The van der Waals surface area contributed by atoms with E-state index >= 15 is 0 Å². The van der Waals surface area contributed by atoms with Crippen LogP contribution >= 0.6 is 0 Å². The van der Waals surface area contributed by atoms with E-state index in [-0.39, 0.29) is 17.7 Å². The number of carbonyl (C=O) groups is 1. The first kappa shape index (κ1) is 23.1. The maximum atomic E-state index is 12.9. The normalized spacial score (nSPS) is 16.4. The minimum Gasteiger partial charge on any atom is -0.508 e. The van der Waals surface area contributed by atoms with E-state index in [4.69, 9.17) is 0 Å². The number of nitrogens with two attached hydrogens (primary N) is 1. The molecule has 5 nitrogen and oxygen atoms in total. The summed E-state index contributed by atoms with van der Waals surface area (Å²) in [6, 6.07) is 16.5. The van der Waals surface area contributed by atoms with Gasteiger partial charge in [0, 0.05) is 43.3 Å². The minimum absolute atomic E-state index is 0.215. The molecule has 1 amide bonds. The van der Waals surface area contributed by atoms with E-state index in [0.717, 1.165) is 38.3 Å². The van der Waals surface area contributed by atoms with Crippen molar-refractivity contribution in [2.24, 2.45) is 5.92 Å². The van der Waals surface area contributed by atoms with E-state index < -0.39 is 0 Å². The number of nitrogens with zero attached hydrogens (tertiary/aromatic N) is 2. The number of hydrogen-bond acceptors (Lipinski definition) is 3. The van der Waals surface area contributed by atoms with Crippen molar-refractivity contribution in [2.45, 2.75) is 46.1 Å². The Bertz CT molecular complexity index is 825. The van der Waals surface area contributed by atoms with Gasteiger partial charge < -0.3 is 20.2 Å². The Morgan fingerprint density at radius 1 is 0.935 bits per heavy atom. The second-order valence-corrected chi connectivity index (χ2v) is 9.07. The van der Waals surface area contributed by atoms with Gasteiger partial charge in [-0.3, -0.25) is 4.79 Å². The van der Waals surface area contributed by atoms with Gasteiger partial charge in [-0.1, -0.05) is 52.0 Å². The highest BCUT2D eigenvalue weighted by atomic mass is 16.3. The molecule has 0 spiro atoms. The van der Waals surface area contributed by atoms with Gasteiger partial charge in [0.25, 0.3) is 5.91 Å². The van der Waals surface area contributed by atoms with Crippen molar-refractivity contribution in [1.82, 2.24) is 4.90 Å². The van der Waals surface area contributed by atoms with Crippen LogP contribution in [-0.2, 0) is 4.79 Å². The fraction of sp³-hybridized carbons (Fsp3) is 0.500. The molecule has 1 aliphatic heterocycles. The summed E-state index contributed by atoms with van der Waals surface area (Å²) in [5.74, 6) is 1.53. The molecule has 2 atom stereocenters. The van der Waals surface area contributed by atoms with Gasteiger partial charge in [0.15, 0.2) is 6.54 Å². The highest BCUT2D eigenvalue weighted by Gasteiger charge is 2.25. The largest absolute Gasteiger partial charge is 0.508 e. The molecule has 1 fully saturated rings. The van der Waals surface area contributed by atoms with Crippen LogP contribution in [0.25, 0.3) is 0 Å². The quantitative estimate of drug-likeness (QED) is 0.682. The lowest BCUT2D eigenvalue weighted by Gasteiger charge is -2.36. The summed E-state index contributed by atoms with van der Waals surface area (Å²) >= 11 is 0. The zero-order valence-electron chi connectivity index (χ0n) is 19.4. The SMILES string of the molecule is CC[C@@H](C)c1ccc([C@H]([NH2+]CC(=O)N2CCN(c3ccc(O)cc3)CC2)C(C)C)cc1. The zero-order chi connectivity index (χ0) is 22.4. The fourth-order valence-corrected chi connectivity index (χ4v) is 4.31. The molecule has 1 saturated heterocycles. The molecule has 2 aromatic rings. The molecule has 0 bridgehead atoms. The third-order valence-corrected chi connectivity index (χ3v) is 6.61. The summed E-state index contributed by atoms with van der Waals surface area (Å²) in [6.07, 6.45) is 1.15. The van der Waals surface area contributed by atoms with Gasteiger partial charge in [-0.2, -0.15) is 0 Å². The minimum atomic E-state index is 0.215. The standard InChI is InChI=1S/C26H37N3O2/c1-5-20(4)21-6-8-22(9-7-21)26(19(2)3)27-18-25(31)29-16-14-28(15-17-29)23-10-12-24(30)13-11-23/h6-13,19-20,26-27,30H,5,14-18H2,1-4H3/p+1/t20-,26-/m1/s1. The van der Waals surface area contributed by atoms with E-state index in [1.807, 2.05) is 17.0 Å². The Hall–Kier alpha value is -2.53. The number of phenolic OH excluding ortho intramolecular Hbond substituents is 1. The third kappa shape index (κ3) is 6.01. The third-order valence-electron chi connectivity index (χ3n) is 6.61. The molecule has 168 valence electrons. The van der Waals surface area contributed by atoms with E-state index in [1.165, 1.54) is 11.1 Å². The molecule has 0 radical (unpaired) electrons. The van der Waals surface area contributed by atoms with Gasteiger partial charge in [0.05, 0.1) is 0 Å². The van der Waals surface area contributed by atoms with Crippen molar-refractivity contribution in [2.75, 3.05) is 37.6 Å². The lowest BCUT2D eigenvalue weighted by Crippen LogP contribution is -2.88. The van der Waals surface area contributed by atoms with Crippen LogP contribution < -0.4 is 10.2 Å². The molecule has 31 heavy (non-hydrogen) atoms. The Balaban J connectivity index is 1.53. The lowest BCUT2D eigenvalue weighted by atomic mass is 9.92. The van der Waals surface area contributed by atoms with Crippen molar-refractivity contribution in [1.29, 1.82) is 0 Å². The number of anilines is 1. The number of rotatable bonds is 8. The van der Waals surface area contributed by atoms with Gasteiger partial charge in [0.2, 0.25) is 0 Å². The number of piperazine rings is 1. The summed E-state index contributed by atoms with van der Waals surface area (Å²) in [6.45, 7) is 12.5. The van der Waals surface area contributed by atoms with Crippen LogP contribution in [0.15, 0.2) is 48.5 Å². The summed E-state index contributed by atoms with van der Waals surface area (Å²) in [4.78, 5) is 17.1. The predicted octanol–water partition coefficient (Wildman–Crippen LogP) is 3.52. The average Bonchev–Trinajstić information content (AvgIpc) is 2.79. The number of phenols is 1. The maximum Gasteiger partial charge on any atom is 0.277 e. The predicted molar refractivity (Wildman–Crippen MR) is 126 cm³/mol. The summed E-state index contributed by atoms with van der Waals surface area (Å²) in [5, 5.41) is 11.7. The Kier molecular flexibility index (Phi) is 7.97. The van der Waals surface area contributed by atoms with Crippen LogP contribution in [0, 0.1) is 5.92 Å². The van der Waals surface area contributed by atoms with Gasteiger partial charge in [0.1, 0.15) is 11.8 Å². The smallest absolute Gasteiger partial charge is 0.277 e. The number of quaternary nitrogens is 1. The van der Waals surface area contributed by atoms with Crippen LogP contribution in [0.1, 0.15) is 57.2 Å². The lowest BCUT2D eigenvalue weighted by molar-refractivity contribution is -0.692. The molecular formula is C26H38N3O2+. The van der Waals surface area contributed by atoms with Crippen molar-refractivity contribution in [3.05, 3.63) is 59.7 Å². The number of benzene rings is 2. The van der Waals surface area contributed by atoms with Gasteiger partial charge in [-0.15, -0.1) is 0 Å². The van der Waals surface area contributed by atoms with E-state index in [9.17, 15) is 9.90 Å². The summed E-state index contributed by atoms with van der Waals surface area (Å²) in [7, 11) is 0. The van der Waals surface area contributed by atoms with Crippen LogP contribution in [0.3, 0.4) is 0 Å². The van der Waals surface area contributed by atoms with E-state index in [2.05, 4.69) is 62.2 Å². The first-order chi connectivity index (χ1) is 14.9. The van der Waals surface area contributed by atoms with Crippen LogP contribution in [-0.4, -0.2) is 48.6 Å². The molecule has 1 heterocycles. The van der Waals surface area contributed by atoms with Crippen molar-refractivity contribution >= 4 is 11.6 Å². The van der Waals surface area contributed by atoms with Crippen molar-refractivity contribution in [3.8, 4) is 5.75 Å². The number of carbonyl (C=O) groups excluding carboxylic acids is 1. The second kappa shape index (κ2) is 10.7. The molecular weight excluding hydrogens is 386 g/mol. The monoisotopic (exact) mass is 424 g/mol. The van der Waals surface area contributed by atoms with Crippen molar-refractivity contribution in [3.63, 3.8) is 0 Å². The molecule has 2 aromatic carbocycles. The molecule has 0 saturated carbocycles. The highest BCUT2D eigenvalue weighted by molar-refractivity contribution is 5.77. The molecule has 0 aliphatic carbocycles. The topological polar surface area (TPSA) is 60.4 Å². The molecule has 0 aromatic heterocycles. The number of aromatic hydroxyl groups is 1. The summed E-state index contributed by atoms with van der Waals surface area (Å²) in [5.41, 5.74) is 3.78. The number of hydrogen-bond donors (Lipinski definition) is 2. The van der Waals surface area contributed by atoms with Gasteiger partial charge in [-0.25, -0.2) is 0 Å². The van der Waals surface area contributed by atoms with Crippen LogP contribution in [0.2, 0.25) is 0 Å². The Morgan fingerprint density at radius 3 is 2.06 bits per heavy atom. The molecule has 3 N–H and O–H groups in total. The molecule has 3 rings (SSSR count). The van der Waals surface area contributed by atoms with Crippen molar-refractivity contribution < 1.29 is 15.2 Å². The highest BCUT2D eigenvalue weighted by Crippen LogP contribution is 2.23. The van der Waals surface area contributed by atoms with Crippen LogP contribution in [0.4, 0.5) is 5.69 Å². The zero-order valence-corrected chi connectivity index (χ0v) is 19.4. The molecule has 0 unspecified atom stereocenters. The van der Waals surface area contributed by atoms with E-state index in [0.29, 0.717) is 18.4 Å². The average molecular weight is 425 g/mol. The van der Waals surface area contributed by atoms with Gasteiger partial charge >= 0.3 is 0 Å². The molecule has 5 heteroatoms. The van der Waals surface area contributed by atoms with E-state index in [1.54, 1.807) is 12.1 Å². The van der Waals surface area contributed by atoms with Crippen LogP contribution in [0.5, 0.6) is 5.75 Å². The Labute approximate surface area is 187 Å². The van der Waals surface area contributed by atoms with Gasteiger partial charge in [-0.05, 0) is 42.2 Å². The number of amides is 1. The maximum absolute atomic E-state index is 12.9.